The summed E-state index contributed by atoms with van der Waals surface area (Å²) in [5, 5.41) is 0. The summed E-state index contributed by atoms with van der Waals surface area (Å²) in [5.41, 5.74) is 1.01. The first kappa shape index (κ1) is 20.8. The van der Waals surface area contributed by atoms with Crippen LogP contribution in [-0.2, 0) is 21.1 Å². The molecule has 1 aliphatic carbocycles. The van der Waals surface area contributed by atoms with Crippen molar-refractivity contribution < 1.29 is 30.7 Å². The van der Waals surface area contributed by atoms with Gasteiger partial charge in [0.25, 0.3) is 0 Å². The average molecular weight is 407 g/mol. The van der Waals surface area contributed by atoms with Gasteiger partial charge in [0.1, 0.15) is 0 Å². The van der Waals surface area contributed by atoms with Crippen molar-refractivity contribution in [3.8, 4) is 0 Å². The maximum atomic E-state index is 11.2. The van der Waals surface area contributed by atoms with E-state index in [2.05, 4.69) is 0 Å². The molecular formula is C12H16O2PW-. The molecule has 88 valence electrons. The van der Waals surface area contributed by atoms with Crippen molar-refractivity contribution in [1.29, 1.82) is 0 Å². The van der Waals surface area contributed by atoms with Gasteiger partial charge >= 0.3 is 0 Å². The molecule has 0 spiro atoms. The van der Waals surface area contributed by atoms with Crippen molar-refractivity contribution in [1.82, 2.24) is 0 Å². The normalized spacial score (nSPS) is 11.0. The van der Waals surface area contributed by atoms with E-state index in [0.29, 0.717) is 11.1 Å². The van der Waals surface area contributed by atoms with Crippen LogP contribution in [0.3, 0.4) is 0 Å². The van der Waals surface area contributed by atoms with Gasteiger partial charge in [-0.15, -0.1) is 0 Å². The summed E-state index contributed by atoms with van der Waals surface area (Å²) in [4.78, 5) is 22.4. The quantitative estimate of drug-likeness (QED) is 0.490. The maximum Gasteiger partial charge on any atom is 0.186 e. The fraction of sp³-hybridized carbons (Fsp3) is 0.0833. The molecule has 1 aliphatic rings. The number of allylic oxidation sites excluding steroid dienone is 2. The van der Waals surface area contributed by atoms with Crippen molar-refractivity contribution in [3.05, 3.63) is 55.0 Å². The number of ketones is 2. The smallest absolute Gasteiger partial charge is 0.186 e. The van der Waals surface area contributed by atoms with E-state index in [1.54, 1.807) is 24.3 Å². The van der Waals surface area contributed by atoms with Crippen LogP contribution >= 0.6 is 9.90 Å². The van der Waals surface area contributed by atoms with E-state index in [0.717, 1.165) is 0 Å². The van der Waals surface area contributed by atoms with Gasteiger partial charge in [0.15, 0.2) is 11.6 Å². The third kappa shape index (κ3) is 3.77. The van der Waals surface area contributed by atoms with Gasteiger partial charge in [-0.05, 0) is 12.2 Å². The van der Waals surface area contributed by atoms with Crippen LogP contribution in [0.4, 0.5) is 0 Å². The maximum absolute atomic E-state index is 11.2. The van der Waals surface area contributed by atoms with E-state index in [1.165, 1.54) is 12.2 Å². The van der Waals surface area contributed by atoms with Crippen molar-refractivity contribution >= 4 is 21.5 Å². The Morgan fingerprint density at radius 2 is 1.12 bits per heavy atom. The number of benzene rings is 1. The monoisotopic (exact) mass is 407 g/mol. The van der Waals surface area contributed by atoms with E-state index in [-0.39, 0.29) is 57.4 Å². The van der Waals surface area contributed by atoms with E-state index >= 15 is 0 Å². The summed E-state index contributed by atoms with van der Waals surface area (Å²) in [7, 11) is 0. The predicted octanol–water partition coefficient (Wildman–Crippen LogP) is 2.76. The summed E-state index contributed by atoms with van der Waals surface area (Å²) in [5.74, 6) is -0.185. The molecule has 0 bridgehead atoms. The molecule has 0 fully saturated rings. The second-order valence-corrected chi connectivity index (χ2v) is 2.61. The standard InChI is InChI=1S/C10H6O2.CH4.CH3.H3P.W/c11-9-5-6-10(12)8-4-2-1-3-7(8)9;;;;/h1-6H;1H4;2*1H3;/q;;-1;;. The van der Waals surface area contributed by atoms with Crippen molar-refractivity contribution in [2.24, 2.45) is 0 Å². The largest absolute Gasteiger partial charge is 0.358 e. The fourth-order valence-electron chi connectivity index (χ4n) is 1.24. The first-order valence-corrected chi connectivity index (χ1v) is 3.65. The molecule has 0 aliphatic heterocycles. The summed E-state index contributed by atoms with van der Waals surface area (Å²) >= 11 is 0. The Kier molecular flexibility index (Phi) is 11.1. The first-order valence-electron chi connectivity index (χ1n) is 3.65. The minimum atomic E-state index is -0.0924. The van der Waals surface area contributed by atoms with Gasteiger partial charge in [0, 0.05) is 32.2 Å². The second-order valence-electron chi connectivity index (χ2n) is 2.61. The van der Waals surface area contributed by atoms with Crippen LogP contribution in [-0.4, -0.2) is 11.6 Å². The first-order chi connectivity index (χ1) is 5.79. The second kappa shape index (κ2) is 8.56. The number of carbonyl (C=O) groups is 2. The van der Waals surface area contributed by atoms with Gasteiger partial charge < -0.3 is 7.43 Å². The summed E-state index contributed by atoms with van der Waals surface area (Å²) < 4.78 is 0. The minimum Gasteiger partial charge on any atom is -0.358 e. The van der Waals surface area contributed by atoms with Crippen LogP contribution in [0.2, 0.25) is 0 Å². The number of hydrogen-bond acceptors (Lipinski definition) is 2. The van der Waals surface area contributed by atoms with Gasteiger partial charge in [-0.2, -0.15) is 9.90 Å². The minimum absolute atomic E-state index is 0. The zero-order chi connectivity index (χ0) is 8.55. The molecule has 1 aromatic carbocycles. The van der Waals surface area contributed by atoms with Gasteiger partial charge in [0.2, 0.25) is 0 Å². The van der Waals surface area contributed by atoms with Crippen molar-refractivity contribution in [3.63, 3.8) is 0 Å². The zero-order valence-corrected chi connectivity index (χ0v) is 12.7. The van der Waals surface area contributed by atoms with Gasteiger partial charge in [-0.3, -0.25) is 9.59 Å². The molecule has 0 radical (unpaired) electrons. The van der Waals surface area contributed by atoms with Crippen LogP contribution in [0.1, 0.15) is 28.1 Å². The Balaban J connectivity index is -0.000000422. The number of hydrogen-bond donors (Lipinski definition) is 0. The number of fused-ring (bicyclic) bond motifs is 1. The van der Waals surface area contributed by atoms with Crippen LogP contribution in [0.5, 0.6) is 0 Å². The Hall–Kier alpha value is -0.582. The predicted molar refractivity (Wildman–Crippen MR) is 68.5 cm³/mol. The van der Waals surface area contributed by atoms with Crippen molar-refractivity contribution in [2.45, 2.75) is 7.43 Å². The number of rotatable bonds is 0. The van der Waals surface area contributed by atoms with E-state index < -0.39 is 0 Å². The Morgan fingerprint density at radius 3 is 1.44 bits per heavy atom. The third-order valence-corrected chi connectivity index (χ3v) is 1.84. The Labute approximate surface area is 114 Å². The molecule has 2 rings (SSSR count). The molecule has 2 nitrogen and oxygen atoms in total. The van der Waals surface area contributed by atoms with Crippen LogP contribution in [0.15, 0.2) is 36.4 Å². The van der Waals surface area contributed by atoms with Gasteiger partial charge in [-0.25, -0.2) is 0 Å². The zero-order valence-electron chi connectivity index (χ0n) is 8.40. The van der Waals surface area contributed by atoms with Crippen LogP contribution < -0.4 is 0 Å². The molecule has 0 heterocycles. The Morgan fingerprint density at radius 1 is 0.812 bits per heavy atom. The van der Waals surface area contributed by atoms with E-state index in [1.807, 2.05) is 0 Å². The molecule has 1 unspecified atom stereocenters. The van der Waals surface area contributed by atoms with Gasteiger partial charge in [0.05, 0.1) is 0 Å². The molecule has 1 atom stereocenters. The van der Waals surface area contributed by atoms with Crippen LogP contribution in [0.25, 0.3) is 0 Å². The molecule has 0 aromatic heterocycles. The van der Waals surface area contributed by atoms with Crippen molar-refractivity contribution in [2.75, 3.05) is 0 Å². The molecule has 0 saturated heterocycles. The summed E-state index contributed by atoms with van der Waals surface area (Å²) in [6.45, 7) is 0. The molecular weight excluding hydrogens is 391 g/mol. The molecule has 16 heavy (non-hydrogen) atoms. The molecule has 4 heteroatoms. The van der Waals surface area contributed by atoms with Gasteiger partial charge in [-0.1, -0.05) is 31.7 Å². The van der Waals surface area contributed by atoms with E-state index in [9.17, 15) is 9.59 Å². The number of carbonyl (C=O) groups excluding carboxylic acids is 2. The topological polar surface area (TPSA) is 34.1 Å². The molecule has 0 amide bonds. The van der Waals surface area contributed by atoms with E-state index in [4.69, 9.17) is 0 Å². The SMILES string of the molecule is C.O=C1C=CC(=O)c2ccccc21.P.[CH3-].[W]. The average Bonchev–Trinajstić information content (AvgIpc) is 2.12. The molecule has 0 saturated carbocycles. The fourth-order valence-corrected chi connectivity index (χ4v) is 1.24. The third-order valence-electron chi connectivity index (χ3n) is 1.84. The Bertz CT molecular complexity index is 363. The summed E-state index contributed by atoms with van der Waals surface area (Å²) in [6.07, 6.45) is 2.62. The summed E-state index contributed by atoms with van der Waals surface area (Å²) in [6, 6.07) is 6.84. The molecule has 0 N–H and O–H groups in total. The van der Waals surface area contributed by atoms with Crippen LogP contribution in [0, 0.1) is 7.43 Å². The molecule has 1 aromatic rings.